The van der Waals surface area contributed by atoms with Crippen LogP contribution in [0.1, 0.15) is 30.9 Å². The normalized spacial score (nSPS) is 20.3. The van der Waals surface area contributed by atoms with Crippen LogP contribution in [0.2, 0.25) is 0 Å². The van der Waals surface area contributed by atoms with Gasteiger partial charge in [0.2, 0.25) is 0 Å². The second kappa shape index (κ2) is 6.95. The molecule has 3 rings (SSSR count). The Hall–Kier alpha value is -2.49. The third-order valence-electron chi connectivity index (χ3n) is 4.78. The lowest BCUT2D eigenvalue weighted by Crippen LogP contribution is -2.33. The van der Waals surface area contributed by atoms with Gasteiger partial charge in [0.15, 0.2) is 5.96 Å². The molecule has 0 heterocycles. The van der Waals surface area contributed by atoms with Gasteiger partial charge in [-0.05, 0) is 42.5 Å². The molecule has 0 amide bonds. The number of aryl methyl sites for hydroxylation is 1. The van der Waals surface area contributed by atoms with Crippen molar-refractivity contribution in [2.75, 3.05) is 19.0 Å². The summed E-state index contributed by atoms with van der Waals surface area (Å²) in [6.45, 7) is 2.97. The van der Waals surface area contributed by atoms with Crippen LogP contribution in [0.5, 0.6) is 5.75 Å². The number of benzene rings is 2. The Balaban J connectivity index is 1.73. The molecule has 2 aromatic carbocycles. The van der Waals surface area contributed by atoms with E-state index in [1.54, 1.807) is 7.11 Å². The van der Waals surface area contributed by atoms with Gasteiger partial charge in [-0.15, -0.1) is 0 Å². The zero-order chi connectivity index (χ0) is 17.0. The van der Waals surface area contributed by atoms with Gasteiger partial charge in [0.25, 0.3) is 0 Å². The molecular weight excluding hydrogens is 298 g/mol. The van der Waals surface area contributed by atoms with Gasteiger partial charge in [-0.25, -0.2) is 0 Å². The van der Waals surface area contributed by atoms with Crippen LogP contribution in [-0.4, -0.2) is 19.6 Å². The number of guanidine groups is 1. The number of fused-ring (bicyclic) bond motifs is 1. The van der Waals surface area contributed by atoms with Gasteiger partial charge in [0.05, 0.1) is 13.7 Å². The van der Waals surface area contributed by atoms with Crippen LogP contribution in [0, 0.1) is 0 Å². The lowest BCUT2D eigenvalue weighted by Gasteiger charge is -2.34. The predicted molar refractivity (Wildman–Crippen MR) is 99.8 cm³/mol. The van der Waals surface area contributed by atoms with E-state index in [0.717, 1.165) is 24.3 Å². The zero-order valence-electron chi connectivity index (χ0n) is 14.4. The lowest BCUT2D eigenvalue weighted by molar-refractivity contribution is 0.405. The van der Waals surface area contributed by atoms with Crippen molar-refractivity contribution >= 4 is 11.6 Å². The largest absolute Gasteiger partial charge is 0.497 e. The number of rotatable bonds is 4. The maximum atomic E-state index is 6.09. The van der Waals surface area contributed by atoms with Gasteiger partial charge < -0.3 is 15.8 Å². The van der Waals surface area contributed by atoms with E-state index >= 15 is 0 Å². The van der Waals surface area contributed by atoms with Crippen molar-refractivity contribution in [2.45, 2.75) is 31.6 Å². The summed E-state index contributed by atoms with van der Waals surface area (Å²) in [5.74, 6) is 1.23. The van der Waals surface area contributed by atoms with Crippen LogP contribution in [0.25, 0.3) is 0 Å². The summed E-state index contributed by atoms with van der Waals surface area (Å²) in [7, 11) is 1.65. The van der Waals surface area contributed by atoms with E-state index in [-0.39, 0.29) is 5.41 Å². The molecule has 1 unspecified atom stereocenters. The summed E-state index contributed by atoms with van der Waals surface area (Å²) in [5.41, 5.74) is 9.88. The Morgan fingerprint density at radius 3 is 2.92 bits per heavy atom. The van der Waals surface area contributed by atoms with Crippen molar-refractivity contribution in [3.8, 4) is 5.75 Å². The number of hydrogen-bond acceptors (Lipinski definition) is 2. The van der Waals surface area contributed by atoms with E-state index in [4.69, 9.17) is 10.5 Å². The number of ether oxygens (including phenoxy) is 1. The summed E-state index contributed by atoms with van der Waals surface area (Å²) >= 11 is 0. The topological polar surface area (TPSA) is 59.6 Å². The highest BCUT2D eigenvalue weighted by Gasteiger charge is 2.31. The number of hydrogen-bond donors (Lipinski definition) is 2. The third kappa shape index (κ3) is 3.53. The number of nitrogens with one attached hydrogen (secondary N) is 1. The summed E-state index contributed by atoms with van der Waals surface area (Å²) in [6.07, 6.45) is 3.50. The molecule has 0 spiro atoms. The van der Waals surface area contributed by atoms with E-state index in [0.29, 0.717) is 12.5 Å². The molecule has 0 fully saturated rings. The van der Waals surface area contributed by atoms with Crippen molar-refractivity contribution in [2.24, 2.45) is 10.7 Å². The second-order valence-corrected chi connectivity index (χ2v) is 6.63. The van der Waals surface area contributed by atoms with E-state index in [1.165, 1.54) is 17.5 Å². The van der Waals surface area contributed by atoms with E-state index < -0.39 is 0 Å². The molecule has 4 nitrogen and oxygen atoms in total. The Morgan fingerprint density at radius 2 is 2.08 bits per heavy atom. The first-order valence-corrected chi connectivity index (χ1v) is 8.40. The molecule has 2 aromatic rings. The average Bonchev–Trinajstić information content (AvgIpc) is 2.61. The van der Waals surface area contributed by atoms with Gasteiger partial charge in [-0.3, -0.25) is 4.99 Å². The third-order valence-corrected chi connectivity index (χ3v) is 4.78. The fourth-order valence-electron chi connectivity index (χ4n) is 3.44. The Morgan fingerprint density at radius 1 is 1.25 bits per heavy atom. The first-order valence-electron chi connectivity index (χ1n) is 8.40. The minimum absolute atomic E-state index is 0.0511. The Bertz CT molecular complexity index is 741. The highest BCUT2D eigenvalue weighted by molar-refractivity contribution is 5.92. The van der Waals surface area contributed by atoms with E-state index in [1.807, 2.05) is 24.3 Å². The lowest BCUT2D eigenvalue weighted by atomic mass is 9.71. The SMILES string of the molecule is COc1cccc(NC(N)=NCC2(C)CCCc3ccccc32)c1. The van der Waals surface area contributed by atoms with Gasteiger partial charge >= 0.3 is 0 Å². The van der Waals surface area contributed by atoms with Crippen molar-refractivity contribution in [3.05, 3.63) is 59.7 Å². The number of anilines is 1. The summed E-state index contributed by atoms with van der Waals surface area (Å²) < 4.78 is 5.23. The molecule has 0 saturated heterocycles. The molecule has 0 radical (unpaired) electrons. The van der Waals surface area contributed by atoms with Crippen LogP contribution in [0.3, 0.4) is 0 Å². The monoisotopic (exact) mass is 323 g/mol. The smallest absolute Gasteiger partial charge is 0.193 e. The van der Waals surface area contributed by atoms with Crippen molar-refractivity contribution in [1.82, 2.24) is 0 Å². The fraction of sp³-hybridized carbons (Fsp3) is 0.350. The van der Waals surface area contributed by atoms with Gasteiger partial charge in [-0.1, -0.05) is 37.3 Å². The molecule has 4 heteroatoms. The molecule has 24 heavy (non-hydrogen) atoms. The average molecular weight is 323 g/mol. The van der Waals surface area contributed by atoms with E-state index in [2.05, 4.69) is 41.5 Å². The fourth-order valence-corrected chi connectivity index (χ4v) is 3.44. The van der Waals surface area contributed by atoms with Crippen LogP contribution in [0.4, 0.5) is 5.69 Å². The Kier molecular flexibility index (Phi) is 4.74. The highest BCUT2D eigenvalue weighted by atomic mass is 16.5. The summed E-state index contributed by atoms with van der Waals surface area (Å²) in [6, 6.07) is 16.4. The molecule has 126 valence electrons. The van der Waals surface area contributed by atoms with Crippen molar-refractivity contribution in [3.63, 3.8) is 0 Å². The number of nitrogens with zero attached hydrogens (tertiary/aromatic N) is 1. The maximum Gasteiger partial charge on any atom is 0.193 e. The Labute approximate surface area is 143 Å². The summed E-state index contributed by atoms with van der Waals surface area (Å²) in [5, 5.41) is 3.15. The van der Waals surface area contributed by atoms with Crippen LogP contribution >= 0.6 is 0 Å². The molecule has 0 bridgehead atoms. The summed E-state index contributed by atoms with van der Waals surface area (Å²) in [4.78, 5) is 4.61. The first-order chi connectivity index (χ1) is 11.6. The van der Waals surface area contributed by atoms with Crippen molar-refractivity contribution < 1.29 is 4.74 Å². The van der Waals surface area contributed by atoms with Crippen LogP contribution < -0.4 is 15.8 Å². The number of aliphatic imine (C=N–C) groups is 1. The minimum Gasteiger partial charge on any atom is -0.497 e. The number of methoxy groups -OCH3 is 1. The maximum absolute atomic E-state index is 6.09. The molecule has 1 aliphatic carbocycles. The molecule has 1 aliphatic rings. The predicted octanol–water partition coefficient (Wildman–Crippen LogP) is 3.72. The zero-order valence-corrected chi connectivity index (χ0v) is 14.4. The second-order valence-electron chi connectivity index (χ2n) is 6.63. The minimum atomic E-state index is 0.0511. The first kappa shape index (κ1) is 16.4. The van der Waals surface area contributed by atoms with Crippen molar-refractivity contribution in [1.29, 1.82) is 0 Å². The highest BCUT2D eigenvalue weighted by Crippen LogP contribution is 2.37. The number of nitrogens with two attached hydrogens (primary N) is 1. The van der Waals surface area contributed by atoms with Gasteiger partial charge in [0.1, 0.15) is 5.75 Å². The quantitative estimate of drug-likeness (QED) is 0.666. The molecule has 0 saturated carbocycles. The molecule has 0 aliphatic heterocycles. The standard InChI is InChI=1S/C20H25N3O/c1-20(12-6-8-15-7-3-4-11-18(15)20)14-22-19(21)23-16-9-5-10-17(13-16)24-2/h3-5,7,9-11,13H,6,8,12,14H2,1-2H3,(H3,21,22,23). The molecule has 0 aromatic heterocycles. The van der Waals surface area contributed by atoms with E-state index in [9.17, 15) is 0 Å². The van der Waals surface area contributed by atoms with Crippen LogP contribution in [-0.2, 0) is 11.8 Å². The molecular formula is C20H25N3O. The van der Waals surface area contributed by atoms with Gasteiger partial charge in [0, 0.05) is 17.2 Å². The van der Waals surface area contributed by atoms with Crippen LogP contribution in [0.15, 0.2) is 53.5 Å². The molecule has 1 atom stereocenters. The molecule has 3 N–H and O–H groups in total. The van der Waals surface area contributed by atoms with Gasteiger partial charge in [-0.2, -0.15) is 0 Å².